The number of carbonyl (C=O) groups excluding carboxylic acids is 1. The Labute approximate surface area is 127 Å². The summed E-state index contributed by atoms with van der Waals surface area (Å²) in [6, 6.07) is 7.49. The van der Waals surface area contributed by atoms with Crippen LogP contribution in [0, 0.1) is 0 Å². The van der Waals surface area contributed by atoms with E-state index in [0.29, 0.717) is 5.69 Å². The maximum atomic E-state index is 11.7. The van der Waals surface area contributed by atoms with Gasteiger partial charge in [-0.2, -0.15) is 0 Å². The summed E-state index contributed by atoms with van der Waals surface area (Å²) in [6.07, 6.45) is 8.36. The smallest absolute Gasteiger partial charge is 0.243 e. The normalized spacial score (nSPS) is 16.2. The van der Waals surface area contributed by atoms with Crippen LogP contribution in [0.1, 0.15) is 31.2 Å². The zero-order valence-electron chi connectivity index (χ0n) is 12.6. The number of rotatable bonds is 6. The van der Waals surface area contributed by atoms with Gasteiger partial charge in [0.2, 0.25) is 5.91 Å². The van der Waals surface area contributed by atoms with Crippen LogP contribution in [-0.4, -0.2) is 37.0 Å². The number of likely N-dealkylation sites (tertiary alicyclic amines) is 1. The van der Waals surface area contributed by atoms with E-state index >= 15 is 0 Å². The molecule has 1 aliphatic heterocycles. The second kappa shape index (κ2) is 8.47. The monoisotopic (exact) mass is 287 g/mol. The molecule has 3 N–H and O–H groups in total. The van der Waals surface area contributed by atoms with Crippen LogP contribution in [0.15, 0.2) is 30.3 Å². The van der Waals surface area contributed by atoms with Crippen molar-refractivity contribution in [2.45, 2.75) is 25.7 Å². The molecular weight excluding hydrogens is 262 g/mol. The molecule has 0 saturated carbocycles. The summed E-state index contributed by atoms with van der Waals surface area (Å²) in [5.74, 6) is -0.0453. The predicted octanol–water partition coefficient (Wildman–Crippen LogP) is 2.27. The second-order valence-corrected chi connectivity index (χ2v) is 5.55. The summed E-state index contributed by atoms with van der Waals surface area (Å²) >= 11 is 0. The van der Waals surface area contributed by atoms with Gasteiger partial charge in [-0.25, -0.2) is 0 Å². The van der Waals surface area contributed by atoms with Crippen molar-refractivity contribution in [3.8, 4) is 0 Å². The van der Waals surface area contributed by atoms with E-state index in [4.69, 9.17) is 5.73 Å². The zero-order valence-corrected chi connectivity index (χ0v) is 12.6. The number of nitrogens with one attached hydrogen (secondary N) is 1. The molecule has 1 amide bonds. The third-order valence-electron chi connectivity index (χ3n) is 3.74. The highest BCUT2D eigenvalue weighted by molar-refractivity contribution is 5.91. The van der Waals surface area contributed by atoms with Gasteiger partial charge in [-0.05, 0) is 62.7 Å². The number of anilines is 1. The minimum atomic E-state index is -0.0453. The van der Waals surface area contributed by atoms with Crippen molar-refractivity contribution < 1.29 is 4.79 Å². The highest BCUT2D eigenvalue weighted by Crippen LogP contribution is 2.09. The molecular formula is C17H25N3O. The Morgan fingerprint density at radius 3 is 2.86 bits per heavy atom. The van der Waals surface area contributed by atoms with Crippen LogP contribution in [0.25, 0.3) is 6.08 Å². The summed E-state index contributed by atoms with van der Waals surface area (Å²) in [7, 11) is 0. The van der Waals surface area contributed by atoms with E-state index < -0.39 is 0 Å². The van der Waals surface area contributed by atoms with Crippen LogP contribution in [0.4, 0.5) is 5.69 Å². The fraction of sp³-hybridized carbons (Fsp3) is 0.471. The lowest BCUT2D eigenvalue weighted by molar-refractivity contribution is -0.116. The van der Waals surface area contributed by atoms with Crippen molar-refractivity contribution in [2.75, 3.05) is 31.9 Å². The van der Waals surface area contributed by atoms with Gasteiger partial charge in [0.25, 0.3) is 0 Å². The van der Waals surface area contributed by atoms with Gasteiger partial charge in [0, 0.05) is 18.3 Å². The number of benzene rings is 1. The Morgan fingerprint density at radius 2 is 2.10 bits per heavy atom. The van der Waals surface area contributed by atoms with Crippen molar-refractivity contribution in [3.05, 3.63) is 35.9 Å². The Kier molecular flexibility index (Phi) is 6.28. The van der Waals surface area contributed by atoms with E-state index in [0.717, 1.165) is 25.1 Å². The topological polar surface area (TPSA) is 58.4 Å². The van der Waals surface area contributed by atoms with Crippen LogP contribution < -0.4 is 11.1 Å². The molecule has 0 aromatic heterocycles. The molecule has 0 atom stereocenters. The molecule has 21 heavy (non-hydrogen) atoms. The fourth-order valence-electron chi connectivity index (χ4n) is 2.59. The van der Waals surface area contributed by atoms with Crippen molar-refractivity contribution >= 4 is 17.7 Å². The minimum absolute atomic E-state index is 0.0453. The molecule has 1 aromatic carbocycles. The summed E-state index contributed by atoms with van der Waals surface area (Å²) in [5.41, 5.74) is 7.35. The van der Waals surface area contributed by atoms with E-state index in [9.17, 15) is 4.79 Å². The van der Waals surface area contributed by atoms with Crippen LogP contribution in [0.5, 0.6) is 0 Å². The van der Waals surface area contributed by atoms with E-state index in [1.165, 1.54) is 32.4 Å². The van der Waals surface area contributed by atoms with Gasteiger partial charge in [0.1, 0.15) is 0 Å². The van der Waals surface area contributed by atoms with Crippen LogP contribution in [-0.2, 0) is 4.79 Å². The van der Waals surface area contributed by atoms with Gasteiger partial charge >= 0.3 is 0 Å². The zero-order chi connectivity index (χ0) is 14.9. The summed E-state index contributed by atoms with van der Waals surface area (Å²) in [6.45, 7) is 4.24. The van der Waals surface area contributed by atoms with E-state index in [-0.39, 0.29) is 5.91 Å². The molecule has 2 rings (SSSR count). The number of amides is 1. The van der Waals surface area contributed by atoms with Gasteiger partial charge in [0.05, 0.1) is 0 Å². The summed E-state index contributed by atoms with van der Waals surface area (Å²) in [4.78, 5) is 14.2. The SMILES string of the molecule is Nc1cccc(/C=C/C(=O)NCCCN2CCCCC2)c1. The van der Waals surface area contributed by atoms with Crippen LogP contribution in [0.3, 0.4) is 0 Å². The summed E-state index contributed by atoms with van der Waals surface area (Å²) < 4.78 is 0. The lowest BCUT2D eigenvalue weighted by atomic mass is 10.1. The van der Waals surface area contributed by atoms with Crippen molar-refractivity contribution in [2.24, 2.45) is 0 Å². The van der Waals surface area contributed by atoms with Crippen molar-refractivity contribution in [3.63, 3.8) is 0 Å². The van der Waals surface area contributed by atoms with Gasteiger partial charge < -0.3 is 16.0 Å². The Bertz CT molecular complexity index is 479. The maximum Gasteiger partial charge on any atom is 0.243 e. The largest absolute Gasteiger partial charge is 0.399 e. The average molecular weight is 287 g/mol. The molecule has 0 bridgehead atoms. The lowest BCUT2D eigenvalue weighted by Gasteiger charge is -2.26. The van der Waals surface area contributed by atoms with Crippen molar-refractivity contribution in [1.29, 1.82) is 0 Å². The minimum Gasteiger partial charge on any atom is -0.399 e. The van der Waals surface area contributed by atoms with E-state index in [2.05, 4.69) is 10.2 Å². The first-order valence-corrected chi connectivity index (χ1v) is 7.78. The molecule has 0 aliphatic carbocycles. The molecule has 0 radical (unpaired) electrons. The predicted molar refractivity (Wildman–Crippen MR) is 87.8 cm³/mol. The second-order valence-electron chi connectivity index (χ2n) is 5.55. The molecule has 4 nitrogen and oxygen atoms in total. The Morgan fingerprint density at radius 1 is 1.29 bits per heavy atom. The van der Waals surface area contributed by atoms with Gasteiger partial charge in [-0.15, -0.1) is 0 Å². The molecule has 1 heterocycles. The number of carbonyl (C=O) groups is 1. The maximum absolute atomic E-state index is 11.7. The standard InChI is InChI=1S/C17H25N3O/c18-16-7-4-6-15(14-16)8-9-17(21)19-10-5-13-20-11-2-1-3-12-20/h4,6-9,14H,1-3,5,10-13,18H2,(H,19,21)/b9-8+. The van der Waals surface area contributed by atoms with Gasteiger partial charge in [0.15, 0.2) is 0 Å². The van der Waals surface area contributed by atoms with Gasteiger partial charge in [-0.1, -0.05) is 18.6 Å². The molecule has 1 aliphatic rings. The molecule has 0 spiro atoms. The molecule has 114 valence electrons. The molecule has 1 aromatic rings. The molecule has 1 saturated heterocycles. The first-order valence-electron chi connectivity index (χ1n) is 7.78. The van der Waals surface area contributed by atoms with E-state index in [1.807, 2.05) is 24.3 Å². The third kappa shape index (κ3) is 6.00. The number of hydrogen-bond acceptors (Lipinski definition) is 3. The van der Waals surface area contributed by atoms with Crippen LogP contribution >= 0.6 is 0 Å². The average Bonchev–Trinajstić information content (AvgIpc) is 2.51. The first-order chi connectivity index (χ1) is 10.2. The van der Waals surface area contributed by atoms with Crippen molar-refractivity contribution in [1.82, 2.24) is 10.2 Å². The molecule has 0 unspecified atom stereocenters. The van der Waals surface area contributed by atoms with Crippen LogP contribution in [0.2, 0.25) is 0 Å². The molecule has 1 fully saturated rings. The van der Waals surface area contributed by atoms with E-state index in [1.54, 1.807) is 12.2 Å². The third-order valence-corrected chi connectivity index (χ3v) is 3.74. The summed E-state index contributed by atoms with van der Waals surface area (Å²) in [5, 5.41) is 2.92. The first kappa shape index (κ1) is 15.6. The molecule has 4 heteroatoms. The van der Waals surface area contributed by atoms with Gasteiger partial charge in [-0.3, -0.25) is 4.79 Å². The Balaban J connectivity index is 1.63. The number of piperidine rings is 1. The lowest BCUT2D eigenvalue weighted by Crippen LogP contribution is -2.33. The number of hydrogen-bond donors (Lipinski definition) is 2. The Hall–Kier alpha value is -1.81. The fourth-order valence-corrected chi connectivity index (χ4v) is 2.59. The number of nitrogens with two attached hydrogens (primary N) is 1. The number of nitrogens with zero attached hydrogens (tertiary/aromatic N) is 1. The highest BCUT2D eigenvalue weighted by Gasteiger charge is 2.08. The quantitative estimate of drug-likeness (QED) is 0.479. The number of nitrogen functional groups attached to an aromatic ring is 1. The highest BCUT2D eigenvalue weighted by atomic mass is 16.1.